The first-order chi connectivity index (χ1) is 19.0. The van der Waals surface area contributed by atoms with Crippen molar-refractivity contribution in [2.45, 2.75) is 56.0 Å². The lowest BCUT2D eigenvalue weighted by molar-refractivity contribution is 0.102. The molecule has 0 spiro atoms. The number of hydrogen-bond acceptors (Lipinski definition) is 7. The molecule has 0 saturated carbocycles. The van der Waals surface area contributed by atoms with Crippen molar-refractivity contribution in [2.24, 2.45) is 5.92 Å². The molecule has 1 atom stereocenters. The molecule has 3 aromatic rings. The summed E-state index contributed by atoms with van der Waals surface area (Å²) in [4.78, 5) is 41.2. The number of thioether (sulfide) groups is 1. The second-order valence-corrected chi connectivity index (χ2v) is 11.6. The average Bonchev–Trinajstić information content (AvgIpc) is 3.48. The van der Waals surface area contributed by atoms with Gasteiger partial charge in [0.15, 0.2) is 5.16 Å². The van der Waals surface area contributed by atoms with E-state index in [1.54, 1.807) is 35.0 Å². The fraction of sp³-hybridized carbons (Fsp3) is 0.448. The van der Waals surface area contributed by atoms with Crippen LogP contribution in [0.1, 0.15) is 54.9 Å². The van der Waals surface area contributed by atoms with Crippen LogP contribution in [0, 0.1) is 5.92 Å². The van der Waals surface area contributed by atoms with Crippen molar-refractivity contribution in [3.05, 3.63) is 66.1 Å². The van der Waals surface area contributed by atoms with Crippen LogP contribution in [0.4, 0.5) is 10.5 Å². The lowest BCUT2D eigenvalue weighted by Crippen LogP contribution is -2.41. The largest absolute Gasteiger partial charge is 0.416 e. The number of H-pyrrole nitrogens is 1. The second-order valence-electron chi connectivity index (χ2n) is 10.3. The van der Waals surface area contributed by atoms with E-state index in [-0.39, 0.29) is 11.8 Å². The van der Waals surface area contributed by atoms with Gasteiger partial charge in [-0.3, -0.25) is 9.69 Å². The normalized spacial score (nSPS) is 17.5. The minimum atomic E-state index is -0.395. The van der Waals surface area contributed by atoms with Gasteiger partial charge in [-0.05, 0) is 68.5 Å². The van der Waals surface area contributed by atoms with E-state index >= 15 is 0 Å². The van der Waals surface area contributed by atoms with Gasteiger partial charge < -0.3 is 19.9 Å². The summed E-state index contributed by atoms with van der Waals surface area (Å²) in [6.45, 7) is 6.72. The van der Waals surface area contributed by atoms with Gasteiger partial charge in [-0.2, -0.15) is 0 Å². The third-order valence-electron chi connectivity index (χ3n) is 7.49. The zero-order valence-corrected chi connectivity index (χ0v) is 23.2. The van der Waals surface area contributed by atoms with E-state index in [0.717, 1.165) is 37.6 Å². The third-order valence-corrected chi connectivity index (χ3v) is 8.69. The molecule has 5 rings (SSSR count). The van der Waals surface area contributed by atoms with E-state index in [4.69, 9.17) is 4.74 Å². The Morgan fingerprint density at radius 2 is 1.82 bits per heavy atom. The van der Waals surface area contributed by atoms with Crippen LogP contribution in [-0.4, -0.2) is 68.2 Å². The SMILES string of the molecule is CC(Sc1ncc[nH]1)C1CCN(C(=O)Oc2ccc(NC(=O)c3ccc(CN4CCCCC4)cc3)cn2)CC1. The molecule has 0 bridgehead atoms. The number of aromatic nitrogens is 3. The Balaban J connectivity index is 1.06. The number of imidazole rings is 1. The number of likely N-dealkylation sites (tertiary alicyclic amines) is 2. The number of anilines is 1. The Kier molecular flexibility index (Phi) is 9.15. The number of pyridine rings is 1. The summed E-state index contributed by atoms with van der Waals surface area (Å²) < 4.78 is 5.49. The molecule has 2 amide bonds. The second kappa shape index (κ2) is 13.1. The Hall–Kier alpha value is -3.37. The highest BCUT2D eigenvalue weighted by molar-refractivity contribution is 7.99. The van der Waals surface area contributed by atoms with Crippen LogP contribution >= 0.6 is 11.8 Å². The highest BCUT2D eigenvalue weighted by Gasteiger charge is 2.28. The molecule has 2 aromatic heterocycles. The van der Waals surface area contributed by atoms with Crippen molar-refractivity contribution in [3.63, 3.8) is 0 Å². The van der Waals surface area contributed by atoms with Crippen LogP contribution in [0.3, 0.4) is 0 Å². The number of aromatic amines is 1. The predicted octanol–water partition coefficient (Wildman–Crippen LogP) is 5.43. The lowest BCUT2D eigenvalue weighted by Gasteiger charge is -2.33. The Morgan fingerprint density at radius 1 is 1.05 bits per heavy atom. The first kappa shape index (κ1) is 27.2. The molecule has 1 aromatic carbocycles. The standard InChI is InChI=1S/C29H36N6O3S/c1-21(39-28-30-13-14-31-28)23-11-17-35(18-12-23)29(37)38-26-10-9-25(19-32-26)33-27(36)24-7-5-22(6-8-24)20-34-15-3-2-4-16-34/h5-10,13-14,19,21,23H,2-4,11-12,15-18,20H2,1H3,(H,30,31)(H,33,36). The number of benzene rings is 1. The monoisotopic (exact) mass is 548 g/mol. The summed E-state index contributed by atoms with van der Waals surface area (Å²) in [5.41, 5.74) is 2.35. The summed E-state index contributed by atoms with van der Waals surface area (Å²) in [6, 6.07) is 11.1. The number of nitrogens with one attached hydrogen (secondary N) is 2. The van der Waals surface area contributed by atoms with Crippen LogP contribution in [0.25, 0.3) is 0 Å². The van der Waals surface area contributed by atoms with Gasteiger partial charge in [0.05, 0.1) is 11.9 Å². The van der Waals surface area contributed by atoms with Crippen molar-refractivity contribution >= 4 is 29.4 Å². The predicted molar refractivity (Wildman–Crippen MR) is 152 cm³/mol. The molecule has 2 fully saturated rings. The number of ether oxygens (including phenoxy) is 1. The molecule has 2 N–H and O–H groups in total. The Morgan fingerprint density at radius 3 is 2.49 bits per heavy atom. The first-order valence-electron chi connectivity index (χ1n) is 13.7. The molecule has 9 nitrogen and oxygen atoms in total. The van der Waals surface area contributed by atoms with E-state index in [2.05, 4.69) is 32.1 Å². The van der Waals surface area contributed by atoms with Crippen molar-refractivity contribution < 1.29 is 14.3 Å². The molecule has 1 unspecified atom stereocenters. The molecule has 10 heteroatoms. The van der Waals surface area contributed by atoms with Crippen LogP contribution in [0.2, 0.25) is 0 Å². The van der Waals surface area contributed by atoms with Crippen LogP contribution in [0.15, 0.2) is 60.1 Å². The van der Waals surface area contributed by atoms with Gasteiger partial charge in [-0.25, -0.2) is 14.8 Å². The Bertz CT molecular complexity index is 1200. The van der Waals surface area contributed by atoms with Crippen LogP contribution in [-0.2, 0) is 6.54 Å². The molecular formula is C29H36N6O3S. The topological polar surface area (TPSA) is 103 Å². The highest BCUT2D eigenvalue weighted by Crippen LogP contribution is 2.32. The van der Waals surface area contributed by atoms with Crippen molar-refractivity contribution in [1.29, 1.82) is 0 Å². The quantitative estimate of drug-likeness (QED) is 0.362. The summed E-state index contributed by atoms with van der Waals surface area (Å²) in [7, 11) is 0. The van der Waals surface area contributed by atoms with Gasteiger partial charge in [0.1, 0.15) is 0 Å². The molecule has 0 aliphatic carbocycles. The van der Waals surface area contributed by atoms with Gasteiger partial charge >= 0.3 is 6.09 Å². The number of carbonyl (C=O) groups is 2. The van der Waals surface area contributed by atoms with Gasteiger partial charge in [0, 0.05) is 48.9 Å². The molecule has 206 valence electrons. The minimum absolute atomic E-state index is 0.201. The number of hydrogen-bond donors (Lipinski definition) is 2. The number of carbonyl (C=O) groups excluding carboxylic acids is 2. The van der Waals surface area contributed by atoms with E-state index in [0.29, 0.717) is 35.5 Å². The van der Waals surface area contributed by atoms with E-state index in [9.17, 15) is 9.59 Å². The molecule has 2 aliphatic rings. The number of amides is 2. The summed E-state index contributed by atoms with van der Waals surface area (Å²) in [5, 5.41) is 4.20. The fourth-order valence-corrected chi connectivity index (χ4v) is 6.22. The van der Waals surface area contributed by atoms with E-state index < -0.39 is 6.09 Å². The minimum Gasteiger partial charge on any atom is -0.391 e. The van der Waals surface area contributed by atoms with Crippen molar-refractivity contribution in [2.75, 3.05) is 31.5 Å². The zero-order valence-electron chi connectivity index (χ0n) is 22.3. The van der Waals surface area contributed by atoms with Crippen molar-refractivity contribution in [1.82, 2.24) is 24.8 Å². The summed E-state index contributed by atoms with van der Waals surface area (Å²) in [6.07, 6.45) is 10.4. The average molecular weight is 549 g/mol. The van der Waals surface area contributed by atoms with Gasteiger partial charge in [-0.15, -0.1) is 0 Å². The van der Waals surface area contributed by atoms with Crippen LogP contribution < -0.4 is 10.1 Å². The molecule has 39 heavy (non-hydrogen) atoms. The van der Waals surface area contributed by atoms with Crippen molar-refractivity contribution in [3.8, 4) is 5.88 Å². The maximum atomic E-state index is 12.7. The number of rotatable bonds is 8. The van der Waals surface area contributed by atoms with Gasteiger partial charge in [0.25, 0.3) is 5.91 Å². The molecule has 2 aliphatic heterocycles. The smallest absolute Gasteiger partial charge is 0.391 e. The number of nitrogens with zero attached hydrogens (tertiary/aromatic N) is 4. The summed E-state index contributed by atoms with van der Waals surface area (Å²) in [5.74, 6) is 0.522. The maximum absolute atomic E-state index is 12.7. The molecule has 4 heterocycles. The summed E-state index contributed by atoms with van der Waals surface area (Å²) >= 11 is 1.74. The van der Waals surface area contributed by atoms with Crippen LogP contribution in [0.5, 0.6) is 5.88 Å². The first-order valence-corrected chi connectivity index (χ1v) is 14.6. The zero-order chi connectivity index (χ0) is 27.0. The van der Waals surface area contributed by atoms with E-state index in [1.807, 2.05) is 30.5 Å². The van der Waals surface area contributed by atoms with Gasteiger partial charge in [0.2, 0.25) is 5.88 Å². The third kappa shape index (κ3) is 7.60. The fourth-order valence-electron chi connectivity index (χ4n) is 5.15. The molecule has 2 saturated heterocycles. The lowest BCUT2D eigenvalue weighted by atomic mass is 9.94. The highest BCUT2D eigenvalue weighted by atomic mass is 32.2. The van der Waals surface area contributed by atoms with Gasteiger partial charge in [-0.1, -0.05) is 37.2 Å². The Labute approximate surface area is 233 Å². The molecular weight excluding hydrogens is 512 g/mol. The molecule has 0 radical (unpaired) electrons. The maximum Gasteiger partial charge on any atom is 0.416 e. The number of piperidine rings is 2. The van der Waals surface area contributed by atoms with E-state index in [1.165, 1.54) is 31.0 Å².